The number of aryl methyl sites for hydroxylation is 1. The maximum Gasteiger partial charge on any atom is 0.262 e. The molecule has 0 fully saturated rings. The van der Waals surface area contributed by atoms with Gasteiger partial charge in [0.05, 0.1) is 6.61 Å². The van der Waals surface area contributed by atoms with Crippen LogP contribution in [0.5, 0.6) is 11.5 Å². The number of hydrogen-bond donors (Lipinski definition) is 1. The van der Waals surface area contributed by atoms with E-state index in [2.05, 4.69) is 17.4 Å². The second kappa shape index (κ2) is 9.43. The maximum atomic E-state index is 12.0. The quantitative estimate of drug-likeness (QED) is 0.636. The van der Waals surface area contributed by atoms with E-state index in [-0.39, 0.29) is 12.5 Å². The molecule has 0 aliphatic carbocycles. The molecule has 27 heavy (non-hydrogen) atoms. The van der Waals surface area contributed by atoms with Gasteiger partial charge in [0, 0.05) is 12.1 Å². The Hall–Kier alpha value is -3.27. The Labute approximate surface area is 159 Å². The predicted octanol–water partition coefficient (Wildman–Crippen LogP) is 4.63. The molecule has 0 aliphatic heterocycles. The molecule has 0 unspecified atom stereocenters. The fourth-order valence-electron chi connectivity index (χ4n) is 2.55. The van der Waals surface area contributed by atoms with Crippen molar-refractivity contribution in [2.24, 2.45) is 0 Å². The first kappa shape index (κ1) is 18.5. The highest BCUT2D eigenvalue weighted by atomic mass is 16.5. The number of carbonyl (C=O) groups is 1. The Balaban J connectivity index is 1.41. The van der Waals surface area contributed by atoms with E-state index >= 15 is 0 Å². The molecule has 0 saturated heterocycles. The molecular weight excluding hydrogens is 338 g/mol. The summed E-state index contributed by atoms with van der Waals surface area (Å²) in [6.45, 7) is 2.59. The van der Waals surface area contributed by atoms with Crippen LogP contribution < -0.4 is 14.8 Å². The number of carbonyl (C=O) groups excluding carboxylic acids is 1. The average molecular weight is 361 g/mol. The first-order chi connectivity index (χ1) is 13.2. The van der Waals surface area contributed by atoms with Crippen LogP contribution in [0.15, 0.2) is 78.9 Å². The van der Waals surface area contributed by atoms with E-state index < -0.39 is 0 Å². The van der Waals surface area contributed by atoms with E-state index in [1.807, 2.05) is 73.7 Å². The molecule has 1 amide bonds. The van der Waals surface area contributed by atoms with Crippen LogP contribution in [0.1, 0.15) is 11.1 Å². The molecular formula is C23H23NO3. The summed E-state index contributed by atoms with van der Waals surface area (Å²) in [6, 6.07) is 25.2. The zero-order valence-electron chi connectivity index (χ0n) is 15.4. The summed E-state index contributed by atoms with van der Waals surface area (Å²) >= 11 is 0. The van der Waals surface area contributed by atoms with E-state index in [0.717, 1.165) is 17.7 Å². The van der Waals surface area contributed by atoms with Crippen LogP contribution in [0.3, 0.4) is 0 Å². The molecule has 0 saturated carbocycles. The Morgan fingerprint density at radius 1 is 0.815 bits per heavy atom. The van der Waals surface area contributed by atoms with Crippen LogP contribution >= 0.6 is 0 Å². The van der Waals surface area contributed by atoms with Crippen molar-refractivity contribution in [3.8, 4) is 11.5 Å². The molecule has 138 valence electrons. The topological polar surface area (TPSA) is 47.6 Å². The Kier molecular flexibility index (Phi) is 6.47. The molecule has 0 atom stereocenters. The zero-order chi connectivity index (χ0) is 18.9. The third-order valence-electron chi connectivity index (χ3n) is 4.03. The summed E-state index contributed by atoms with van der Waals surface area (Å²) in [4.78, 5) is 12.0. The first-order valence-corrected chi connectivity index (χ1v) is 8.95. The molecule has 3 aromatic rings. The van der Waals surface area contributed by atoms with Crippen LogP contribution in [0.25, 0.3) is 0 Å². The van der Waals surface area contributed by atoms with Crippen LogP contribution in [0.2, 0.25) is 0 Å². The van der Waals surface area contributed by atoms with Crippen molar-refractivity contribution in [1.82, 2.24) is 0 Å². The molecule has 3 rings (SSSR count). The Morgan fingerprint density at radius 2 is 1.44 bits per heavy atom. The van der Waals surface area contributed by atoms with Gasteiger partial charge in [0.25, 0.3) is 5.91 Å². The van der Waals surface area contributed by atoms with Gasteiger partial charge in [0.2, 0.25) is 0 Å². The molecule has 0 bridgehead atoms. The molecule has 1 N–H and O–H groups in total. The lowest BCUT2D eigenvalue weighted by Crippen LogP contribution is -2.20. The summed E-state index contributed by atoms with van der Waals surface area (Å²) in [7, 11) is 0. The Morgan fingerprint density at radius 3 is 2.15 bits per heavy atom. The first-order valence-electron chi connectivity index (χ1n) is 8.95. The smallest absolute Gasteiger partial charge is 0.262 e. The maximum absolute atomic E-state index is 12.0. The lowest BCUT2D eigenvalue weighted by Gasteiger charge is -2.09. The third kappa shape index (κ3) is 6.19. The van der Waals surface area contributed by atoms with Crippen molar-refractivity contribution in [2.45, 2.75) is 13.3 Å². The number of amides is 1. The fraction of sp³-hybridized carbons (Fsp3) is 0.174. The van der Waals surface area contributed by atoms with Crippen LogP contribution in [0.4, 0.5) is 5.69 Å². The molecule has 3 aromatic carbocycles. The molecule has 4 heteroatoms. The summed E-state index contributed by atoms with van der Waals surface area (Å²) in [6.07, 6.45) is 0.857. The molecule has 0 spiro atoms. The van der Waals surface area contributed by atoms with Crippen molar-refractivity contribution in [2.75, 3.05) is 18.5 Å². The number of nitrogens with one attached hydrogen (secondary N) is 1. The number of rotatable bonds is 8. The van der Waals surface area contributed by atoms with Crippen LogP contribution in [-0.2, 0) is 11.2 Å². The van der Waals surface area contributed by atoms with Gasteiger partial charge < -0.3 is 14.8 Å². The van der Waals surface area contributed by atoms with E-state index in [9.17, 15) is 4.79 Å². The normalized spacial score (nSPS) is 10.3. The summed E-state index contributed by atoms with van der Waals surface area (Å²) in [5, 5.41) is 2.81. The van der Waals surface area contributed by atoms with Crippen LogP contribution in [0, 0.1) is 6.92 Å². The minimum atomic E-state index is -0.201. The second-order valence-corrected chi connectivity index (χ2v) is 6.26. The third-order valence-corrected chi connectivity index (χ3v) is 4.03. The van der Waals surface area contributed by atoms with E-state index in [0.29, 0.717) is 18.0 Å². The lowest BCUT2D eigenvalue weighted by molar-refractivity contribution is -0.118. The molecule has 0 aliphatic rings. The summed E-state index contributed by atoms with van der Waals surface area (Å²) in [5.74, 6) is 1.26. The minimum Gasteiger partial charge on any atom is -0.493 e. The largest absolute Gasteiger partial charge is 0.493 e. The van der Waals surface area contributed by atoms with Gasteiger partial charge in [-0.15, -0.1) is 0 Å². The highest BCUT2D eigenvalue weighted by Crippen LogP contribution is 2.16. The van der Waals surface area contributed by atoms with Crippen LogP contribution in [-0.4, -0.2) is 19.1 Å². The SMILES string of the molecule is Cc1ccc(OCC(=O)Nc2ccc(OCCc3ccccc3)cc2)cc1. The number of benzene rings is 3. The average Bonchev–Trinajstić information content (AvgIpc) is 2.70. The zero-order valence-corrected chi connectivity index (χ0v) is 15.4. The minimum absolute atomic E-state index is 0.0294. The van der Waals surface area contributed by atoms with Gasteiger partial charge in [0.15, 0.2) is 6.61 Å². The van der Waals surface area contributed by atoms with Crippen molar-refractivity contribution in [3.05, 3.63) is 90.0 Å². The standard InChI is InChI=1S/C23H23NO3/c1-18-7-11-22(12-8-18)27-17-23(25)24-20-9-13-21(14-10-20)26-16-15-19-5-3-2-4-6-19/h2-14H,15-17H2,1H3,(H,24,25). The predicted molar refractivity (Wildman–Crippen MR) is 107 cm³/mol. The molecule has 0 aromatic heterocycles. The second-order valence-electron chi connectivity index (χ2n) is 6.26. The molecule has 0 radical (unpaired) electrons. The van der Waals surface area contributed by atoms with E-state index in [1.54, 1.807) is 0 Å². The van der Waals surface area contributed by atoms with Crippen molar-refractivity contribution < 1.29 is 14.3 Å². The van der Waals surface area contributed by atoms with Gasteiger partial charge in [-0.2, -0.15) is 0 Å². The monoisotopic (exact) mass is 361 g/mol. The van der Waals surface area contributed by atoms with E-state index in [4.69, 9.17) is 9.47 Å². The van der Waals surface area contributed by atoms with Crippen molar-refractivity contribution >= 4 is 11.6 Å². The van der Waals surface area contributed by atoms with Gasteiger partial charge in [-0.3, -0.25) is 4.79 Å². The number of hydrogen-bond acceptors (Lipinski definition) is 3. The lowest BCUT2D eigenvalue weighted by atomic mass is 10.2. The highest BCUT2D eigenvalue weighted by Gasteiger charge is 2.04. The van der Waals surface area contributed by atoms with Gasteiger partial charge in [-0.1, -0.05) is 48.0 Å². The fourth-order valence-corrected chi connectivity index (χ4v) is 2.55. The molecule has 4 nitrogen and oxygen atoms in total. The van der Waals surface area contributed by atoms with E-state index in [1.165, 1.54) is 5.56 Å². The highest BCUT2D eigenvalue weighted by molar-refractivity contribution is 5.91. The number of anilines is 1. The molecule has 0 heterocycles. The van der Waals surface area contributed by atoms with Crippen molar-refractivity contribution in [3.63, 3.8) is 0 Å². The van der Waals surface area contributed by atoms with Gasteiger partial charge in [0.1, 0.15) is 11.5 Å². The van der Waals surface area contributed by atoms with Gasteiger partial charge in [-0.25, -0.2) is 0 Å². The summed E-state index contributed by atoms with van der Waals surface area (Å²) in [5.41, 5.74) is 3.11. The Bertz CT molecular complexity index is 843. The number of ether oxygens (including phenoxy) is 2. The summed E-state index contributed by atoms with van der Waals surface area (Å²) < 4.78 is 11.2. The van der Waals surface area contributed by atoms with Gasteiger partial charge in [-0.05, 0) is 48.9 Å². The van der Waals surface area contributed by atoms with Crippen molar-refractivity contribution in [1.29, 1.82) is 0 Å². The van der Waals surface area contributed by atoms with Gasteiger partial charge >= 0.3 is 0 Å².